The van der Waals surface area contributed by atoms with E-state index in [1.807, 2.05) is 32.0 Å². The lowest BCUT2D eigenvalue weighted by Crippen LogP contribution is -2.35. The fraction of sp³-hybridized carbons (Fsp3) is 0.381. The van der Waals surface area contributed by atoms with Crippen molar-refractivity contribution in [2.45, 2.75) is 38.0 Å². The number of hydrogen-bond donors (Lipinski definition) is 1. The number of carbonyl (C=O) groups excluding carboxylic acids is 1. The molecule has 3 rings (SSSR count). The van der Waals surface area contributed by atoms with Gasteiger partial charge in [-0.05, 0) is 56.5 Å². The standard InChI is InChI=1S/C21H26N2O4S/c1-15-7-9-18(16(2)13-15)22-21(24)17-8-10-19(27-3)20(14-17)28(25,26)23-11-5-4-6-12-23/h7-10,13-14H,4-6,11-12H2,1-3H3,(H,22,24). The summed E-state index contributed by atoms with van der Waals surface area (Å²) in [6.45, 7) is 4.89. The number of amides is 1. The van der Waals surface area contributed by atoms with E-state index in [4.69, 9.17) is 4.74 Å². The van der Waals surface area contributed by atoms with Crippen LogP contribution in [0.1, 0.15) is 40.7 Å². The zero-order valence-corrected chi connectivity index (χ0v) is 17.3. The van der Waals surface area contributed by atoms with Crippen LogP contribution in [-0.4, -0.2) is 38.8 Å². The van der Waals surface area contributed by atoms with Gasteiger partial charge in [0.05, 0.1) is 7.11 Å². The largest absolute Gasteiger partial charge is 0.495 e. The second-order valence-electron chi connectivity index (χ2n) is 7.10. The first kappa shape index (κ1) is 20.4. The van der Waals surface area contributed by atoms with E-state index in [1.54, 1.807) is 6.07 Å². The van der Waals surface area contributed by atoms with Gasteiger partial charge in [-0.15, -0.1) is 0 Å². The summed E-state index contributed by atoms with van der Waals surface area (Å²) in [5.74, 6) is -0.113. The van der Waals surface area contributed by atoms with Gasteiger partial charge in [-0.3, -0.25) is 4.79 Å². The van der Waals surface area contributed by atoms with E-state index in [1.165, 1.54) is 23.5 Å². The Morgan fingerprint density at radius 1 is 1.04 bits per heavy atom. The number of sulfonamides is 1. The minimum absolute atomic E-state index is 0.0326. The van der Waals surface area contributed by atoms with E-state index in [-0.39, 0.29) is 22.1 Å². The average Bonchev–Trinajstić information content (AvgIpc) is 2.70. The monoisotopic (exact) mass is 402 g/mol. The van der Waals surface area contributed by atoms with E-state index >= 15 is 0 Å². The maximum absolute atomic E-state index is 13.1. The van der Waals surface area contributed by atoms with E-state index in [9.17, 15) is 13.2 Å². The summed E-state index contributed by atoms with van der Waals surface area (Å²) in [5, 5.41) is 2.86. The number of methoxy groups -OCH3 is 1. The highest BCUT2D eigenvalue weighted by Crippen LogP contribution is 2.30. The highest BCUT2D eigenvalue weighted by Gasteiger charge is 2.29. The molecule has 28 heavy (non-hydrogen) atoms. The topological polar surface area (TPSA) is 75.7 Å². The molecule has 1 amide bonds. The Kier molecular flexibility index (Phi) is 6.05. The molecule has 0 unspecified atom stereocenters. The first-order valence-corrected chi connectivity index (χ1v) is 10.8. The normalized spacial score (nSPS) is 15.2. The minimum Gasteiger partial charge on any atom is -0.495 e. The second-order valence-corrected chi connectivity index (χ2v) is 9.01. The molecule has 0 bridgehead atoms. The average molecular weight is 403 g/mol. The summed E-state index contributed by atoms with van der Waals surface area (Å²) in [4.78, 5) is 12.8. The Morgan fingerprint density at radius 3 is 2.39 bits per heavy atom. The van der Waals surface area contributed by atoms with Crippen LogP contribution >= 0.6 is 0 Å². The SMILES string of the molecule is COc1ccc(C(=O)Nc2ccc(C)cc2C)cc1S(=O)(=O)N1CCCCC1. The molecule has 0 radical (unpaired) electrons. The molecule has 0 aromatic heterocycles. The maximum atomic E-state index is 13.1. The third kappa shape index (κ3) is 4.20. The van der Waals surface area contributed by atoms with Gasteiger partial charge < -0.3 is 10.1 Å². The molecule has 0 spiro atoms. The number of benzene rings is 2. The number of nitrogens with zero attached hydrogens (tertiary/aromatic N) is 1. The molecule has 2 aromatic rings. The lowest BCUT2D eigenvalue weighted by atomic mass is 10.1. The van der Waals surface area contributed by atoms with Crippen LogP contribution < -0.4 is 10.1 Å². The Bertz CT molecular complexity index is 980. The van der Waals surface area contributed by atoms with Gasteiger partial charge >= 0.3 is 0 Å². The van der Waals surface area contributed by atoms with Gasteiger partial charge in [-0.1, -0.05) is 24.1 Å². The summed E-state index contributed by atoms with van der Waals surface area (Å²) in [6, 6.07) is 10.3. The van der Waals surface area contributed by atoms with Crippen LogP contribution in [0.3, 0.4) is 0 Å². The molecule has 1 N–H and O–H groups in total. The molecule has 6 nitrogen and oxygen atoms in total. The molecular formula is C21H26N2O4S. The number of anilines is 1. The molecule has 1 aliphatic heterocycles. The van der Waals surface area contributed by atoms with Crippen molar-refractivity contribution in [1.29, 1.82) is 0 Å². The van der Waals surface area contributed by atoms with Gasteiger partial charge in [-0.2, -0.15) is 4.31 Å². The van der Waals surface area contributed by atoms with Crippen molar-refractivity contribution >= 4 is 21.6 Å². The molecule has 1 saturated heterocycles. The molecule has 0 atom stereocenters. The van der Waals surface area contributed by atoms with Crippen molar-refractivity contribution in [3.63, 3.8) is 0 Å². The number of ether oxygens (including phenoxy) is 1. The van der Waals surface area contributed by atoms with Gasteiger partial charge in [0.1, 0.15) is 10.6 Å². The quantitative estimate of drug-likeness (QED) is 0.827. The number of carbonyl (C=O) groups is 1. The number of hydrogen-bond acceptors (Lipinski definition) is 4. The Labute approximate surface area is 166 Å². The first-order chi connectivity index (χ1) is 13.3. The van der Waals surface area contributed by atoms with Crippen molar-refractivity contribution in [2.75, 3.05) is 25.5 Å². The lowest BCUT2D eigenvalue weighted by molar-refractivity contribution is 0.102. The summed E-state index contributed by atoms with van der Waals surface area (Å²) in [6.07, 6.45) is 2.71. The molecule has 1 aliphatic rings. The van der Waals surface area contributed by atoms with Crippen molar-refractivity contribution < 1.29 is 17.9 Å². The third-order valence-corrected chi connectivity index (χ3v) is 6.91. The number of nitrogens with one attached hydrogen (secondary N) is 1. The molecule has 2 aromatic carbocycles. The predicted molar refractivity (Wildman–Crippen MR) is 109 cm³/mol. The minimum atomic E-state index is -3.72. The lowest BCUT2D eigenvalue weighted by Gasteiger charge is -2.26. The van der Waals surface area contributed by atoms with E-state index in [0.29, 0.717) is 18.8 Å². The Morgan fingerprint density at radius 2 is 1.75 bits per heavy atom. The van der Waals surface area contributed by atoms with Crippen LogP contribution in [0.5, 0.6) is 5.75 Å². The van der Waals surface area contributed by atoms with Crippen molar-refractivity contribution in [1.82, 2.24) is 4.31 Å². The van der Waals surface area contributed by atoms with Gasteiger partial charge in [0.2, 0.25) is 10.0 Å². The van der Waals surface area contributed by atoms with Gasteiger partial charge in [0.25, 0.3) is 5.91 Å². The van der Waals surface area contributed by atoms with Crippen molar-refractivity contribution in [3.8, 4) is 5.75 Å². The summed E-state index contributed by atoms with van der Waals surface area (Å²) in [7, 11) is -2.29. The summed E-state index contributed by atoms with van der Waals surface area (Å²) in [5.41, 5.74) is 3.03. The molecule has 7 heteroatoms. The zero-order valence-electron chi connectivity index (χ0n) is 16.5. The van der Waals surface area contributed by atoms with E-state index in [0.717, 1.165) is 30.4 Å². The van der Waals surface area contributed by atoms with E-state index in [2.05, 4.69) is 5.32 Å². The fourth-order valence-corrected chi connectivity index (χ4v) is 5.11. The van der Waals surface area contributed by atoms with Gasteiger partial charge in [0, 0.05) is 24.3 Å². The first-order valence-electron chi connectivity index (χ1n) is 9.40. The summed E-state index contributed by atoms with van der Waals surface area (Å²) >= 11 is 0. The Hall–Kier alpha value is -2.38. The van der Waals surface area contributed by atoms with Crippen LogP contribution in [0.4, 0.5) is 5.69 Å². The molecule has 1 heterocycles. The number of rotatable bonds is 5. The highest BCUT2D eigenvalue weighted by molar-refractivity contribution is 7.89. The molecule has 0 aliphatic carbocycles. The highest BCUT2D eigenvalue weighted by atomic mass is 32.2. The smallest absolute Gasteiger partial charge is 0.255 e. The zero-order chi connectivity index (χ0) is 20.3. The molecule has 150 valence electrons. The van der Waals surface area contributed by atoms with Crippen LogP contribution in [-0.2, 0) is 10.0 Å². The summed E-state index contributed by atoms with van der Waals surface area (Å²) < 4.78 is 33.0. The Balaban J connectivity index is 1.92. The van der Waals surface area contributed by atoms with Crippen LogP contribution in [0, 0.1) is 13.8 Å². The van der Waals surface area contributed by atoms with Gasteiger partial charge in [0.15, 0.2) is 0 Å². The molecule has 0 saturated carbocycles. The maximum Gasteiger partial charge on any atom is 0.255 e. The van der Waals surface area contributed by atoms with Crippen molar-refractivity contribution in [2.24, 2.45) is 0 Å². The second kappa shape index (κ2) is 8.32. The van der Waals surface area contributed by atoms with Crippen LogP contribution in [0.25, 0.3) is 0 Å². The van der Waals surface area contributed by atoms with E-state index < -0.39 is 10.0 Å². The number of piperidine rings is 1. The fourth-order valence-electron chi connectivity index (χ4n) is 3.41. The van der Waals surface area contributed by atoms with Crippen molar-refractivity contribution in [3.05, 3.63) is 53.1 Å². The third-order valence-electron chi connectivity index (χ3n) is 4.99. The van der Waals surface area contributed by atoms with Crippen LogP contribution in [0.15, 0.2) is 41.3 Å². The molecule has 1 fully saturated rings. The van der Waals surface area contributed by atoms with Gasteiger partial charge in [-0.25, -0.2) is 8.42 Å². The van der Waals surface area contributed by atoms with Crippen LogP contribution in [0.2, 0.25) is 0 Å². The predicted octanol–water partition coefficient (Wildman–Crippen LogP) is 3.74. The number of aryl methyl sites for hydroxylation is 2. The molecular weight excluding hydrogens is 376 g/mol.